The van der Waals surface area contributed by atoms with Crippen LogP contribution in [-0.4, -0.2) is 45.3 Å². The fourth-order valence-electron chi connectivity index (χ4n) is 3.59. The van der Waals surface area contributed by atoms with Crippen molar-refractivity contribution in [3.8, 4) is 11.1 Å². The van der Waals surface area contributed by atoms with Gasteiger partial charge in [-0.15, -0.1) is 0 Å². The predicted molar refractivity (Wildman–Crippen MR) is 122 cm³/mol. The van der Waals surface area contributed by atoms with Crippen molar-refractivity contribution in [2.45, 2.75) is 18.8 Å². The maximum absolute atomic E-state index is 13.2. The van der Waals surface area contributed by atoms with Crippen LogP contribution >= 0.6 is 0 Å². The van der Waals surface area contributed by atoms with Crippen LogP contribution in [0, 0.1) is 0 Å². The fourth-order valence-corrected chi connectivity index (χ4v) is 3.59. The van der Waals surface area contributed by atoms with Gasteiger partial charge >= 0.3 is 6.18 Å². The van der Waals surface area contributed by atoms with Gasteiger partial charge in [0.05, 0.1) is 35.8 Å². The summed E-state index contributed by atoms with van der Waals surface area (Å²) in [6.45, 7) is 0.892. The number of anilines is 2. The minimum absolute atomic E-state index is 0.0601. The number of carbonyl (C=O) groups is 1. The molecule has 1 fully saturated rings. The number of carbonyl (C=O) groups excluding carboxylic acids is 1. The Morgan fingerprint density at radius 1 is 1.11 bits per heavy atom. The van der Waals surface area contributed by atoms with Crippen molar-refractivity contribution >= 4 is 28.6 Å². The number of benzene rings is 1. The van der Waals surface area contributed by atoms with Gasteiger partial charge in [0.1, 0.15) is 11.6 Å². The van der Waals surface area contributed by atoms with Gasteiger partial charge < -0.3 is 21.1 Å². The second kappa shape index (κ2) is 8.87. The average molecular weight is 483 g/mol. The van der Waals surface area contributed by atoms with Gasteiger partial charge in [0.25, 0.3) is 5.91 Å². The highest BCUT2D eigenvalue weighted by Gasteiger charge is 2.33. The molecule has 0 saturated carbocycles. The Kier molecular flexibility index (Phi) is 5.73. The number of rotatable bonds is 6. The molecule has 180 valence electrons. The van der Waals surface area contributed by atoms with Crippen LogP contribution in [0.4, 0.5) is 24.8 Å². The number of pyridine rings is 2. The number of halogens is 3. The molecule has 4 aromatic rings. The first-order valence-electron chi connectivity index (χ1n) is 10.7. The Morgan fingerprint density at radius 3 is 2.57 bits per heavy atom. The summed E-state index contributed by atoms with van der Waals surface area (Å²) >= 11 is 0. The smallest absolute Gasteiger partial charge is 0.384 e. The summed E-state index contributed by atoms with van der Waals surface area (Å²) in [6.07, 6.45) is -2.21. The third-order valence-corrected chi connectivity index (χ3v) is 5.62. The minimum atomic E-state index is -4.62. The first-order chi connectivity index (χ1) is 16.8. The van der Waals surface area contributed by atoms with Crippen molar-refractivity contribution < 1.29 is 22.7 Å². The van der Waals surface area contributed by atoms with E-state index in [4.69, 9.17) is 10.5 Å². The molecule has 1 aliphatic rings. The van der Waals surface area contributed by atoms with Crippen LogP contribution in [-0.2, 0) is 17.5 Å². The Morgan fingerprint density at radius 2 is 1.89 bits per heavy atom. The van der Waals surface area contributed by atoms with E-state index in [-0.39, 0.29) is 24.0 Å². The number of H-pyrrole nitrogens is 1. The second-order valence-corrected chi connectivity index (χ2v) is 8.11. The summed E-state index contributed by atoms with van der Waals surface area (Å²) in [6, 6.07) is 9.96. The van der Waals surface area contributed by atoms with Gasteiger partial charge in [0, 0.05) is 24.5 Å². The highest BCUT2D eigenvalue weighted by Crippen LogP contribution is 2.31. The summed E-state index contributed by atoms with van der Waals surface area (Å²) in [7, 11) is 0. The van der Waals surface area contributed by atoms with E-state index in [1.165, 1.54) is 0 Å². The van der Waals surface area contributed by atoms with Crippen molar-refractivity contribution in [3.05, 3.63) is 65.5 Å². The van der Waals surface area contributed by atoms with Gasteiger partial charge in [-0.3, -0.25) is 9.89 Å². The van der Waals surface area contributed by atoms with E-state index in [0.29, 0.717) is 30.9 Å². The molecule has 1 aromatic carbocycles. The Hall–Kier alpha value is -4.19. The summed E-state index contributed by atoms with van der Waals surface area (Å²) < 4.78 is 44.6. The Balaban J connectivity index is 1.33. The average Bonchev–Trinajstić information content (AvgIpc) is 3.19. The molecule has 1 saturated heterocycles. The van der Waals surface area contributed by atoms with Crippen LogP contribution in [0.25, 0.3) is 22.2 Å². The van der Waals surface area contributed by atoms with E-state index in [1.807, 2.05) is 30.3 Å². The van der Waals surface area contributed by atoms with Crippen molar-refractivity contribution in [2.75, 3.05) is 24.3 Å². The summed E-state index contributed by atoms with van der Waals surface area (Å²) in [5.41, 5.74) is 7.83. The van der Waals surface area contributed by atoms with Crippen LogP contribution < -0.4 is 16.4 Å². The standard InChI is InChI=1S/C23H20F3N7O2/c24-23(25,26)15-6-18(22(34)31-16-10-35-11-16)20(30-9-15)28-7-12-1-3-13(4-2-12)14-5-17-19(27)32-33-21(17)29-8-14/h1-6,8-9,16H,7,10-11H2,(H,28,30)(H,31,34)(H3,27,29,32,33). The molecule has 4 heterocycles. The molecule has 1 aliphatic heterocycles. The highest BCUT2D eigenvalue weighted by molar-refractivity contribution is 5.99. The lowest BCUT2D eigenvalue weighted by molar-refractivity contribution is -0.137. The number of nitrogens with zero attached hydrogens (tertiary/aromatic N) is 3. The number of nitrogens with two attached hydrogens (primary N) is 1. The van der Waals surface area contributed by atoms with Crippen LogP contribution in [0.15, 0.2) is 48.8 Å². The maximum atomic E-state index is 13.2. The highest BCUT2D eigenvalue weighted by atomic mass is 19.4. The van der Waals surface area contributed by atoms with Crippen LogP contribution in [0.2, 0.25) is 0 Å². The fraction of sp³-hybridized carbons (Fsp3) is 0.217. The zero-order valence-corrected chi connectivity index (χ0v) is 18.2. The van der Waals surface area contributed by atoms with E-state index in [1.54, 1.807) is 6.20 Å². The van der Waals surface area contributed by atoms with Gasteiger partial charge in [0.2, 0.25) is 0 Å². The molecule has 3 aromatic heterocycles. The summed E-state index contributed by atoms with van der Waals surface area (Å²) in [5, 5.41) is 13.1. The number of fused-ring (bicyclic) bond motifs is 1. The van der Waals surface area contributed by atoms with E-state index in [2.05, 4.69) is 30.8 Å². The molecule has 1 amide bonds. The normalized spacial score (nSPS) is 14.0. The molecular weight excluding hydrogens is 463 g/mol. The number of hydrogen-bond donors (Lipinski definition) is 4. The molecule has 0 spiro atoms. The van der Waals surface area contributed by atoms with E-state index >= 15 is 0 Å². The number of hydrogen-bond acceptors (Lipinski definition) is 7. The molecule has 35 heavy (non-hydrogen) atoms. The van der Waals surface area contributed by atoms with Crippen molar-refractivity contribution in [2.24, 2.45) is 0 Å². The minimum Gasteiger partial charge on any atom is -0.384 e. The largest absolute Gasteiger partial charge is 0.417 e. The second-order valence-electron chi connectivity index (χ2n) is 8.11. The predicted octanol–water partition coefficient (Wildman–Crippen LogP) is 3.36. The lowest BCUT2D eigenvalue weighted by Crippen LogP contribution is -2.48. The monoisotopic (exact) mass is 483 g/mol. The number of ether oxygens (including phenoxy) is 1. The molecule has 0 atom stereocenters. The number of nitrogens with one attached hydrogen (secondary N) is 3. The number of amides is 1. The van der Waals surface area contributed by atoms with Crippen LogP contribution in [0.1, 0.15) is 21.5 Å². The number of aromatic nitrogens is 4. The van der Waals surface area contributed by atoms with Gasteiger partial charge in [-0.05, 0) is 23.3 Å². The molecule has 0 unspecified atom stereocenters. The first-order valence-corrected chi connectivity index (χ1v) is 10.7. The first kappa shape index (κ1) is 22.6. The molecule has 0 radical (unpaired) electrons. The van der Waals surface area contributed by atoms with Gasteiger partial charge in [0.15, 0.2) is 5.65 Å². The maximum Gasteiger partial charge on any atom is 0.417 e. The SMILES string of the molecule is Nc1[nH]nc2ncc(-c3ccc(CNc4ncc(C(F)(F)F)cc4C(=O)NC4COC4)cc3)cc12. The molecule has 5 N–H and O–H groups in total. The van der Waals surface area contributed by atoms with Gasteiger partial charge in [-0.1, -0.05) is 24.3 Å². The molecule has 0 bridgehead atoms. The third kappa shape index (κ3) is 4.73. The summed E-state index contributed by atoms with van der Waals surface area (Å²) in [4.78, 5) is 20.8. The van der Waals surface area contributed by atoms with Crippen molar-refractivity contribution in [1.29, 1.82) is 0 Å². The topological polar surface area (TPSA) is 131 Å². The van der Waals surface area contributed by atoms with Gasteiger partial charge in [-0.25, -0.2) is 9.97 Å². The third-order valence-electron chi connectivity index (χ3n) is 5.62. The lowest BCUT2D eigenvalue weighted by atomic mass is 10.0. The van der Waals surface area contributed by atoms with E-state index in [9.17, 15) is 18.0 Å². The number of aromatic amines is 1. The van der Waals surface area contributed by atoms with Crippen molar-refractivity contribution in [1.82, 2.24) is 25.5 Å². The lowest BCUT2D eigenvalue weighted by Gasteiger charge is -2.27. The van der Waals surface area contributed by atoms with Crippen LogP contribution in [0.3, 0.4) is 0 Å². The molecule has 9 nitrogen and oxygen atoms in total. The Bertz CT molecular complexity index is 1380. The Labute approximate surface area is 196 Å². The van der Waals surface area contributed by atoms with E-state index in [0.717, 1.165) is 28.1 Å². The summed E-state index contributed by atoms with van der Waals surface area (Å²) in [5.74, 6) is -0.148. The van der Waals surface area contributed by atoms with E-state index < -0.39 is 17.6 Å². The quantitative estimate of drug-likeness (QED) is 0.331. The number of alkyl halides is 3. The molecule has 0 aliphatic carbocycles. The van der Waals surface area contributed by atoms with Crippen molar-refractivity contribution in [3.63, 3.8) is 0 Å². The molecular formula is C23H20F3N7O2. The number of nitrogen functional groups attached to an aromatic ring is 1. The molecule has 5 rings (SSSR count). The molecule has 12 heteroatoms. The zero-order valence-electron chi connectivity index (χ0n) is 18.2. The van der Waals surface area contributed by atoms with Gasteiger partial charge in [-0.2, -0.15) is 18.3 Å². The van der Waals surface area contributed by atoms with Crippen LogP contribution in [0.5, 0.6) is 0 Å². The zero-order chi connectivity index (χ0) is 24.6.